The van der Waals surface area contributed by atoms with Crippen LogP contribution in [0.25, 0.3) is 0 Å². The smallest absolute Gasteiger partial charge is 0.405 e. The zero-order valence-corrected chi connectivity index (χ0v) is 20.8. The van der Waals surface area contributed by atoms with Gasteiger partial charge in [0.15, 0.2) is 5.54 Å². The van der Waals surface area contributed by atoms with E-state index in [1.165, 1.54) is 0 Å². The third kappa shape index (κ3) is 6.46. The molecule has 0 spiro atoms. The highest BCUT2D eigenvalue weighted by molar-refractivity contribution is 7.89. The van der Waals surface area contributed by atoms with Gasteiger partial charge in [0.05, 0.1) is 5.02 Å². The number of sulfonamides is 1. The minimum atomic E-state index is -3.91. The van der Waals surface area contributed by atoms with Crippen LogP contribution in [0.15, 0.2) is 53.4 Å². The van der Waals surface area contributed by atoms with Crippen LogP contribution in [0.5, 0.6) is 0 Å². The Labute approximate surface area is 203 Å². The van der Waals surface area contributed by atoms with Crippen LogP contribution in [0.3, 0.4) is 0 Å². The topological polar surface area (TPSA) is 125 Å². The minimum Gasteiger partial charge on any atom is -0.465 e. The summed E-state index contributed by atoms with van der Waals surface area (Å²) in [7, 11) is -3.91. The van der Waals surface area contributed by atoms with Crippen LogP contribution in [0.4, 0.5) is 9.18 Å². The maximum absolute atomic E-state index is 13.3. The molecule has 0 fully saturated rings. The Bertz CT molecular complexity index is 1120. The second-order valence-corrected chi connectivity index (χ2v) is 10.9. The summed E-state index contributed by atoms with van der Waals surface area (Å²) in [6.45, 7) is 5.58. The number of carbonyl (C=O) groups is 2. The quantitative estimate of drug-likeness (QED) is 0.359. The summed E-state index contributed by atoms with van der Waals surface area (Å²) < 4.78 is 40.3. The van der Waals surface area contributed by atoms with Crippen molar-refractivity contribution >= 4 is 33.6 Å². The van der Waals surface area contributed by atoms with Crippen LogP contribution in [0, 0.1) is 11.2 Å². The first-order valence-corrected chi connectivity index (χ1v) is 12.5. The number of hydrogen-bond acceptors (Lipinski definition) is 4. The molecule has 0 aliphatic rings. The molecule has 2 amide bonds. The number of unbranched alkanes of at least 4 members (excludes halogenated alkanes) is 1. The molecule has 0 saturated heterocycles. The predicted octanol–water partition coefficient (Wildman–Crippen LogP) is 3.86. The molecule has 4 N–H and O–H groups in total. The molecule has 0 aromatic heterocycles. The zero-order valence-electron chi connectivity index (χ0n) is 19.2. The van der Waals surface area contributed by atoms with Crippen molar-refractivity contribution in [1.29, 1.82) is 0 Å². The molecule has 11 heteroatoms. The zero-order chi connectivity index (χ0) is 25.6. The third-order valence-electron chi connectivity index (χ3n) is 5.33. The molecular weight excluding hydrogens is 485 g/mol. The highest BCUT2D eigenvalue weighted by Crippen LogP contribution is 2.39. The van der Waals surface area contributed by atoms with E-state index in [4.69, 9.17) is 11.6 Å². The first kappa shape index (κ1) is 27.6. The van der Waals surface area contributed by atoms with Gasteiger partial charge in [0.25, 0.3) is 5.91 Å². The maximum atomic E-state index is 13.3. The number of carbonyl (C=O) groups excluding carboxylic acids is 1. The third-order valence-corrected chi connectivity index (χ3v) is 7.28. The molecule has 8 nitrogen and oxygen atoms in total. The lowest BCUT2D eigenvalue weighted by atomic mass is 9.68. The normalized spacial score (nSPS) is 13.7. The van der Waals surface area contributed by atoms with E-state index in [2.05, 4.69) is 15.4 Å². The second-order valence-electron chi connectivity index (χ2n) is 8.73. The molecule has 0 saturated carbocycles. The van der Waals surface area contributed by atoms with Gasteiger partial charge in [-0.2, -0.15) is 0 Å². The molecule has 34 heavy (non-hydrogen) atoms. The predicted molar refractivity (Wildman–Crippen MR) is 128 cm³/mol. The van der Waals surface area contributed by atoms with E-state index in [9.17, 15) is 27.5 Å². The van der Waals surface area contributed by atoms with E-state index in [1.807, 2.05) is 0 Å². The van der Waals surface area contributed by atoms with Crippen molar-refractivity contribution < 1.29 is 27.5 Å². The van der Waals surface area contributed by atoms with Crippen LogP contribution in [0.2, 0.25) is 5.02 Å². The molecule has 2 aromatic rings. The number of benzene rings is 2. The summed E-state index contributed by atoms with van der Waals surface area (Å²) >= 11 is 5.82. The molecule has 1 atom stereocenters. The summed E-state index contributed by atoms with van der Waals surface area (Å²) in [5, 5.41) is 14.5. The lowest BCUT2D eigenvalue weighted by Gasteiger charge is -2.43. The Hall–Kier alpha value is -2.69. The van der Waals surface area contributed by atoms with Crippen molar-refractivity contribution in [2.24, 2.45) is 5.41 Å². The number of amides is 2. The molecule has 0 aliphatic carbocycles. The lowest BCUT2D eigenvalue weighted by molar-refractivity contribution is -0.132. The molecule has 0 radical (unpaired) electrons. The lowest BCUT2D eigenvalue weighted by Crippen LogP contribution is -2.63. The van der Waals surface area contributed by atoms with E-state index < -0.39 is 38.8 Å². The Morgan fingerprint density at radius 2 is 1.65 bits per heavy atom. The van der Waals surface area contributed by atoms with E-state index in [-0.39, 0.29) is 23.0 Å². The second kappa shape index (κ2) is 11.2. The van der Waals surface area contributed by atoms with E-state index in [1.54, 1.807) is 51.1 Å². The van der Waals surface area contributed by atoms with Crippen molar-refractivity contribution in [2.75, 3.05) is 13.1 Å². The Morgan fingerprint density at radius 3 is 2.21 bits per heavy atom. The summed E-state index contributed by atoms with van der Waals surface area (Å²) in [6.07, 6.45) is -0.519. The van der Waals surface area contributed by atoms with Crippen LogP contribution < -0.4 is 15.4 Å². The van der Waals surface area contributed by atoms with Gasteiger partial charge >= 0.3 is 6.09 Å². The van der Waals surface area contributed by atoms with Gasteiger partial charge in [-0.1, -0.05) is 62.7 Å². The van der Waals surface area contributed by atoms with Gasteiger partial charge in [-0.25, -0.2) is 22.3 Å². The minimum absolute atomic E-state index is 0.0718. The fraction of sp³-hybridized carbons (Fsp3) is 0.391. The average molecular weight is 514 g/mol. The summed E-state index contributed by atoms with van der Waals surface area (Å²) in [5.41, 5.74) is -1.84. The largest absolute Gasteiger partial charge is 0.465 e. The highest BCUT2D eigenvalue weighted by atomic mass is 35.5. The summed E-state index contributed by atoms with van der Waals surface area (Å²) in [4.78, 5) is 24.7. The van der Waals surface area contributed by atoms with Crippen molar-refractivity contribution in [3.05, 3.63) is 64.9 Å². The average Bonchev–Trinajstić information content (AvgIpc) is 2.73. The highest BCUT2D eigenvalue weighted by Gasteiger charge is 2.51. The number of rotatable bonds is 10. The standard InChI is InChI=1S/C23H29ClFN3O5S/c1-22(2,3)23(28-21(30)31,16-9-5-4-6-10-16)20(29)26-13-7-8-14-27-34(32,33)19-12-11-17(25)15-18(19)24/h4-6,9-12,15,27-28H,7-8,13-14H2,1-3H3,(H,26,29)(H,30,31)/t23-/m0/s1. The molecule has 0 bridgehead atoms. The molecule has 186 valence electrons. The summed E-state index contributed by atoms with van der Waals surface area (Å²) in [6, 6.07) is 11.6. The van der Waals surface area contributed by atoms with Gasteiger partial charge in [-0.15, -0.1) is 0 Å². The summed E-state index contributed by atoms with van der Waals surface area (Å²) in [5.74, 6) is -1.15. The van der Waals surface area contributed by atoms with Crippen molar-refractivity contribution in [1.82, 2.24) is 15.4 Å². The van der Waals surface area contributed by atoms with Gasteiger partial charge in [-0.05, 0) is 42.0 Å². The van der Waals surface area contributed by atoms with Crippen molar-refractivity contribution in [3.63, 3.8) is 0 Å². The first-order valence-electron chi connectivity index (χ1n) is 10.6. The van der Waals surface area contributed by atoms with Gasteiger partial charge in [-0.3, -0.25) is 4.79 Å². The monoisotopic (exact) mass is 513 g/mol. The Balaban J connectivity index is 2.01. The van der Waals surface area contributed by atoms with Crippen LogP contribution in [-0.4, -0.2) is 38.6 Å². The fourth-order valence-electron chi connectivity index (χ4n) is 3.63. The Kier molecular flexibility index (Phi) is 9.04. The molecule has 0 unspecified atom stereocenters. The van der Waals surface area contributed by atoms with Crippen LogP contribution in [0.1, 0.15) is 39.2 Å². The molecule has 0 aliphatic heterocycles. The molecule has 2 rings (SSSR count). The van der Waals surface area contributed by atoms with E-state index >= 15 is 0 Å². The molecule has 2 aromatic carbocycles. The van der Waals surface area contributed by atoms with Crippen LogP contribution in [-0.2, 0) is 20.4 Å². The van der Waals surface area contributed by atoms with Crippen molar-refractivity contribution in [3.8, 4) is 0 Å². The van der Waals surface area contributed by atoms with Gasteiger partial charge in [0.1, 0.15) is 10.7 Å². The SMILES string of the molecule is CC(C)(C)[C@@](NC(=O)O)(C(=O)NCCCCNS(=O)(=O)c1ccc(F)cc1Cl)c1ccccc1. The molecular formula is C23H29ClFN3O5S. The van der Waals surface area contributed by atoms with E-state index in [0.29, 0.717) is 18.4 Å². The number of nitrogens with one attached hydrogen (secondary N) is 3. The number of halogens is 2. The van der Waals surface area contributed by atoms with Crippen molar-refractivity contribution in [2.45, 2.75) is 44.0 Å². The number of carboxylic acid groups (broad SMARTS) is 1. The van der Waals surface area contributed by atoms with Crippen LogP contribution >= 0.6 is 11.6 Å². The maximum Gasteiger partial charge on any atom is 0.405 e. The Morgan fingerprint density at radius 1 is 1.03 bits per heavy atom. The fourth-order valence-corrected chi connectivity index (χ4v) is 5.23. The van der Waals surface area contributed by atoms with Gasteiger partial charge < -0.3 is 15.7 Å². The molecule has 0 heterocycles. The van der Waals surface area contributed by atoms with E-state index in [0.717, 1.165) is 18.2 Å². The number of hydrogen-bond donors (Lipinski definition) is 4. The first-order chi connectivity index (χ1) is 15.8. The van der Waals surface area contributed by atoms with Gasteiger partial charge in [0, 0.05) is 13.1 Å². The van der Waals surface area contributed by atoms with Gasteiger partial charge in [0.2, 0.25) is 10.0 Å².